The largest absolute Gasteiger partial charge is 0.496 e. The molecule has 0 atom stereocenters. The van der Waals surface area contributed by atoms with Crippen LogP contribution in [0.2, 0.25) is 0 Å². The first-order chi connectivity index (χ1) is 9.49. The van der Waals surface area contributed by atoms with Gasteiger partial charge >= 0.3 is 13.3 Å². The molecule has 0 amide bonds. The van der Waals surface area contributed by atoms with Gasteiger partial charge in [-0.15, -0.1) is 0 Å². The van der Waals surface area contributed by atoms with Crippen LogP contribution in [0.15, 0.2) is 18.2 Å². The smallest absolute Gasteiger partial charge is 0.495 e. The van der Waals surface area contributed by atoms with Crippen LogP contribution in [-0.4, -0.2) is 25.4 Å². The molecule has 21 heavy (non-hydrogen) atoms. The van der Waals surface area contributed by atoms with Gasteiger partial charge < -0.3 is 14.0 Å². The first-order valence-corrected chi connectivity index (χ1v) is 6.59. The summed E-state index contributed by atoms with van der Waals surface area (Å²) in [7, 11) is 0.125. The Hall–Kier alpha value is -1.21. The summed E-state index contributed by atoms with van der Waals surface area (Å²) < 4.78 is 56.3. The zero-order valence-corrected chi connectivity index (χ0v) is 12.7. The van der Waals surface area contributed by atoms with E-state index in [4.69, 9.17) is 14.0 Å². The molecule has 1 aliphatic heterocycles. The first-order valence-electron chi connectivity index (χ1n) is 6.59. The summed E-state index contributed by atoms with van der Waals surface area (Å²) in [4.78, 5) is 0. The SMILES string of the molecule is COc1cccc(B2OC(C)(C)C(C)(C)O2)c1C(F)(F)F. The molecule has 0 aromatic heterocycles. The van der Waals surface area contributed by atoms with Crippen molar-refractivity contribution in [1.29, 1.82) is 0 Å². The molecule has 1 fully saturated rings. The van der Waals surface area contributed by atoms with Crippen molar-refractivity contribution < 1.29 is 27.2 Å². The third-order valence-electron chi connectivity index (χ3n) is 4.07. The summed E-state index contributed by atoms with van der Waals surface area (Å²) in [5, 5.41) is 0. The summed E-state index contributed by atoms with van der Waals surface area (Å²) in [6.45, 7) is 7.17. The van der Waals surface area contributed by atoms with Crippen LogP contribution in [0.3, 0.4) is 0 Å². The molecule has 0 aliphatic carbocycles. The number of hydrogen-bond donors (Lipinski definition) is 0. The summed E-state index contributed by atoms with van der Waals surface area (Å²) >= 11 is 0. The van der Waals surface area contributed by atoms with Crippen LogP contribution in [0.25, 0.3) is 0 Å². The Bertz CT molecular complexity index is 525. The van der Waals surface area contributed by atoms with Gasteiger partial charge in [-0.2, -0.15) is 13.2 Å². The predicted octanol–water partition coefficient (Wildman–Crippen LogP) is 3.01. The Labute approximate surface area is 122 Å². The van der Waals surface area contributed by atoms with Crippen LogP contribution >= 0.6 is 0 Å². The van der Waals surface area contributed by atoms with E-state index in [-0.39, 0.29) is 11.2 Å². The Balaban J connectivity index is 2.52. The van der Waals surface area contributed by atoms with E-state index in [1.54, 1.807) is 27.7 Å². The van der Waals surface area contributed by atoms with E-state index in [0.29, 0.717) is 0 Å². The lowest BCUT2D eigenvalue weighted by Gasteiger charge is -2.32. The topological polar surface area (TPSA) is 27.7 Å². The van der Waals surface area contributed by atoms with Gasteiger partial charge in [0.05, 0.1) is 23.9 Å². The lowest BCUT2D eigenvalue weighted by Crippen LogP contribution is -2.41. The molecule has 3 nitrogen and oxygen atoms in total. The Kier molecular flexibility index (Phi) is 3.79. The van der Waals surface area contributed by atoms with Gasteiger partial charge in [-0.05, 0) is 39.2 Å². The van der Waals surface area contributed by atoms with Gasteiger partial charge in [0.1, 0.15) is 5.75 Å². The lowest BCUT2D eigenvalue weighted by atomic mass is 9.75. The van der Waals surface area contributed by atoms with Gasteiger partial charge in [-0.3, -0.25) is 0 Å². The van der Waals surface area contributed by atoms with Crippen LogP contribution in [0, 0.1) is 0 Å². The van der Waals surface area contributed by atoms with Crippen molar-refractivity contribution in [3.8, 4) is 5.75 Å². The number of methoxy groups -OCH3 is 1. The average molecular weight is 302 g/mol. The fourth-order valence-corrected chi connectivity index (χ4v) is 2.19. The standard InChI is InChI=1S/C14H18BF3O3/c1-12(2)13(3,4)21-15(20-12)9-7-6-8-10(19-5)11(9)14(16,17)18/h6-8H,1-5H3. The second kappa shape index (κ2) is 4.92. The molecule has 1 aromatic carbocycles. The number of alkyl halides is 3. The molecular formula is C14H18BF3O3. The minimum Gasteiger partial charge on any atom is -0.496 e. The van der Waals surface area contributed by atoms with Crippen molar-refractivity contribution in [2.24, 2.45) is 0 Å². The maximum absolute atomic E-state index is 13.3. The molecule has 0 N–H and O–H groups in total. The molecule has 0 unspecified atom stereocenters. The van der Waals surface area contributed by atoms with Crippen LogP contribution < -0.4 is 10.2 Å². The van der Waals surface area contributed by atoms with Crippen molar-refractivity contribution >= 4 is 12.6 Å². The van der Waals surface area contributed by atoms with Crippen LogP contribution in [0.5, 0.6) is 5.75 Å². The van der Waals surface area contributed by atoms with Crippen molar-refractivity contribution in [1.82, 2.24) is 0 Å². The third kappa shape index (κ3) is 2.76. The number of benzene rings is 1. The molecule has 1 aromatic rings. The molecule has 116 valence electrons. The fourth-order valence-electron chi connectivity index (χ4n) is 2.19. The van der Waals surface area contributed by atoms with Crippen molar-refractivity contribution in [2.75, 3.05) is 7.11 Å². The molecule has 0 saturated carbocycles. The monoisotopic (exact) mass is 302 g/mol. The van der Waals surface area contributed by atoms with Gasteiger partial charge in [-0.1, -0.05) is 12.1 Å². The van der Waals surface area contributed by atoms with Gasteiger partial charge in [-0.25, -0.2) is 0 Å². The van der Waals surface area contributed by atoms with Crippen molar-refractivity contribution in [2.45, 2.75) is 45.1 Å². The minimum absolute atomic E-state index is 0.0690. The van der Waals surface area contributed by atoms with Crippen LogP contribution in [0.4, 0.5) is 13.2 Å². The number of hydrogen-bond acceptors (Lipinski definition) is 3. The maximum Gasteiger partial charge on any atom is 0.495 e. The van der Waals surface area contributed by atoms with Gasteiger partial charge in [0, 0.05) is 0 Å². The number of ether oxygens (including phenoxy) is 1. The van der Waals surface area contributed by atoms with E-state index in [1.165, 1.54) is 25.3 Å². The molecule has 1 heterocycles. The summed E-state index contributed by atoms with van der Waals surface area (Å²) in [6.07, 6.45) is -4.55. The maximum atomic E-state index is 13.3. The molecule has 0 bridgehead atoms. The average Bonchev–Trinajstić information content (AvgIpc) is 2.56. The predicted molar refractivity (Wildman–Crippen MR) is 73.7 cm³/mol. The highest BCUT2D eigenvalue weighted by Crippen LogP contribution is 2.40. The summed E-state index contributed by atoms with van der Waals surface area (Å²) in [5.74, 6) is -0.241. The van der Waals surface area contributed by atoms with E-state index < -0.39 is 30.1 Å². The summed E-state index contributed by atoms with van der Waals surface area (Å²) in [6, 6.07) is 4.12. The molecule has 0 radical (unpaired) electrons. The second-order valence-corrected chi connectivity index (χ2v) is 6.01. The number of halogens is 3. The summed E-state index contributed by atoms with van der Waals surface area (Å²) in [5.41, 5.74) is -2.33. The zero-order valence-electron chi connectivity index (χ0n) is 12.7. The minimum atomic E-state index is -4.55. The molecule has 0 spiro atoms. The molecule has 2 rings (SSSR count). The Morgan fingerprint density at radius 3 is 2.00 bits per heavy atom. The zero-order chi connectivity index (χ0) is 16.1. The van der Waals surface area contributed by atoms with Crippen LogP contribution in [-0.2, 0) is 15.5 Å². The van der Waals surface area contributed by atoms with Crippen molar-refractivity contribution in [3.63, 3.8) is 0 Å². The van der Waals surface area contributed by atoms with Crippen molar-refractivity contribution in [3.05, 3.63) is 23.8 Å². The quantitative estimate of drug-likeness (QED) is 0.786. The van der Waals surface area contributed by atoms with Gasteiger partial charge in [0.15, 0.2) is 0 Å². The molecule has 1 saturated heterocycles. The fraction of sp³-hybridized carbons (Fsp3) is 0.571. The number of rotatable bonds is 2. The third-order valence-corrected chi connectivity index (χ3v) is 4.07. The molecule has 1 aliphatic rings. The van der Waals surface area contributed by atoms with Crippen LogP contribution in [0.1, 0.15) is 33.3 Å². The highest BCUT2D eigenvalue weighted by Gasteiger charge is 2.54. The molecule has 7 heteroatoms. The molecular weight excluding hydrogens is 284 g/mol. The van der Waals surface area contributed by atoms with E-state index in [1.807, 2.05) is 0 Å². The van der Waals surface area contributed by atoms with E-state index in [2.05, 4.69) is 0 Å². The lowest BCUT2D eigenvalue weighted by molar-refractivity contribution is -0.138. The highest BCUT2D eigenvalue weighted by atomic mass is 19.4. The van der Waals surface area contributed by atoms with Gasteiger partial charge in [0.25, 0.3) is 0 Å². The first kappa shape index (κ1) is 16.2. The van der Waals surface area contributed by atoms with E-state index in [9.17, 15) is 13.2 Å². The normalized spacial score (nSPS) is 20.7. The second-order valence-electron chi connectivity index (χ2n) is 6.01. The van der Waals surface area contributed by atoms with E-state index in [0.717, 1.165) is 0 Å². The van der Waals surface area contributed by atoms with E-state index >= 15 is 0 Å². The Morgan fingerprint density at radius 2 is 1.57 bits per heavy atom. The Morgan fingerprint density at radius 1 is 1.05 bits per heavy atom. The van der Waals surface area contributed by atoms with Gasteiger partial charge in [0.2, 0.25) is 0 Å². The highest BCUT2D eigenvalue weighted by molar-refractivity contribution is 6.62.